The average Bonchev–Trinajstić information content (AvgIpc) is 2.63. The van der Waals surface area contributed by atoms with Crippen molar-refractivity contribution in [1.82, 2.24) is 0 Å². The molecule has 0 saturated carbocycles. The Kier molecular flexibility index (Phi) is 6.61. The first kappa shape index (κ1) is 18.1. The predicted molar refractivity (Wildman–Crippen MR) is 97.4 cm³/mol. The maximum atomic E-state index is 12.3. The number of carbonyl (C=O) groups excluding carboxylic acids is 1. The molecule has 0 aliphatic carbocycles. The molecule has 0 aliphatic rings. The molecule has 2 rings (SSSR count). The molecular weight excluding hydrogens is 316 g/mol. The molecule has 1 N–H and O–H groups in total. The lowest BCUT2D eigenvalue weighted by Gasteiger charge is -2.07. The van der Waals surface area contributed by atoms with Crippen LogP contribution in [0.2, 0.25) is 0 Å². The minimum atomic E-state index is -0.458. The lowest BCUT2D eigenvalue weighted by atomic mass is 10.1. The first-order chi connectivity index (χ1) is 12.2. The number of rotatable bonds is 7. The molecule has 2 aromatic rings. The van der Waals surface area contributed by atoms with Crippen LogP contribution in [0.5, 0.6) is 11.5 Å². The molecule has 0 spiro atoms. The number of nitrogens with zero attached hydrogens (tertiary/aromatic N) is 1. The predicted octanol–water partition coefficient (Wildman–Crippen LogP) is 4.03. The van der Waals surface area contributed by atoms with E-state index in [2.05, 4.69) is 5.32 Å². The van der Waals surface area contributed by atoms with Crippen LogP contribution in [0.15, 0.2) is 54.1 Å². The highest BCUT2D eigenvalue weighted by molar-refractivity contribution is 6.09. The summed E-state index contributed by atoms with van der Waals surface area (Å²) in [7, 11) is 0. The second kappa shape index (κ2) is 9.14. The van der Waals surface area contributed by atoms with Gasteiger partial charge in [-0.3, -0.25) is 4.79 Å². The number of nitrogens with one attached hydrogen (secondary N) is 1. The molecule has 128 valence electrons. The number of nitriles is 1. The summed E-state index contributed by atoms with van der Waals surface area (Å²) in [5.41, 5.74) is 1.38. The zero-order valence-electron chi connectivity index (χ0n) is 14.3. The molecule has 25 heavy (non-hydrogen) atoms. The topological polar surface area (TPSA) is 71.3 Å². The molecular formula is C20H20N2O3. The zero-order valence-corrected chi connectivity index (χ0v) is 14.3. The fraction of sp³-hybridized carbons (Fsp3) is 0.200. The van der Waals surface area contributed by atoms with Crippen LogP contribution < -0.4 is 14.8 Å². The third-order valence-electron chi connectivity index (χ3n) is 3.29. The van der Waals surface area contributed by atoms with Crippen molar-refractivity contribution in [2.45, 2.75) is 13.8 Å². The van der Waals surface area contributed by atoms with Crippen LogP contribution in [0.3, 0.4) is 0 Å². The molecule has 0 atom stereocenters. The van der Waals surface area contributed by atoms with E-state index in [1.54, 1.807) is 54.6 Å². The average molecular weight is 336 g/mol. The first-order valence-corrected chi connectivity index (χ1v) is 8.05. The van der Waals surface area contributed by atoms with Gasteiger partial charge in [0.05, 0.1) is 13.2 Å². The van der Waals surface area contributed by atoms with Crippen LogP contribution in [-0.4, -0.2) is 19.1 Å². The van der Waals surface area contributed by atoms with Crippen LogP contribution >= 0.6 is 0 Å². The van der Waals surface area contributed by atoms with E-state index in [9.17, 15) is 10.1 Å². The molecule has 0 radical (unpaired) electrons. The van der Waals surface area contributed by atoms with Gasteiger partial charge < -0.3 is 14.8 Å². The van der Waals surface area contributed by atoms with Crippen LogP contribution in [0, 0.1) is 11.3 Å². The Morgan fingerprint density at radius 1 is 1.00 bits per heavy atom. The van der Waals surface area contributed by atoms with E-state index >= 15 is 0 Å². The number of ether oxygens (including phenoxy) is 2. The van der Waals surface area contributed by atoms with Gasteiger partial charge in [0.2, 0.25) is 0 Å². The highest BCUT2D eigenvalue weighted by Gasteiger charge is 2.09. The van der Waals surface area contributed by atoms with Crippen molar-refractivity contribution in [2.75, 3.05) is 18.5 Å². The molecule has 0 aromatic heterocycles. The Morgan fingerprint density at radius 2 is 1.52 bits per heavy atom. The quantitative estimate of drug-likeness (QED) is 0.612. The molecule has 0 saturated heterocycles. The lowest BCUT2D eigenvalue weighted by Crippen LogP contribution is -2.13. The van der Waals surface area contributed by atoms with Gasteiger partial charge in [-0.1, -0.05) is 12.1 Å². The maximum absolute atomic E-state index is 12.3. The smallest absolute Gasteiger partial charge is 0.266 e. The summed E-state index contributed by atoms with van der Waals surface area (Å²) in [6.45, 7) is 4.98. The number of hydrogen-bond acceptors (Lipinski definition) is 4. The van der Waals surface area contributed by atoms with E-state index < -0.39 is 5.91 Å². The molecule has 0 fully saturated rings. The van der Waals surface area contributed by atoms with E-state index in [-0.39, 0.29) is 5.57 Å². The Morgan fingerprint density at radius 3 is 2.00 bits per heavy atom. The van der Waals surface area contributed by atoms with Crippen molar-refractivity contribution in [3.63, 3.8) is 0 Å². The Bertz CT molecular complexity index is 772. The van der Waals surface area contributed by atoms with Crippen LogP contribution in [0.4, 0.5) is 5.69 Å². The third kappa shape index (κ3) is 5.40. The number of anilines is 1. The van der Waals surface area contributed by atoms with Gasteiger partial charge >= 0.3 is 0 Å². The number of hydrogen-bond donors (Lipinski definition) is 1. The summed E-state index contributed by atoms with van der Waals surface area (Å²) < 4.78 is 10.7. The first-order valence-electron chi connectivity index (χ1n) is 8.05. The number of amides is 1. The second-order valence-electron chi connectivity index (χ2n) is 5.08. The molecule has 0 heterocycles. The molecule has 0 unspecified atom stereocenters. The van der Waals surface area contributed by atoms with Crippen molar-refractivity contribution in [1.29, 1.82) is 5.26 Å². The minimum absolute atomic E-state index is 0.0260. The van der Waals surface area contributed by atoms with E-state index in [0.29, 0.717) is 18.9 Å². The second-order valence-corrected chi connectivity index (χ2v) is 5.08. The zero-order chi connectivity index (χ0) is 18.1. The standard InChI is InChI=1S/C20H20N2O3/c1-3-24-18-9-5-15(6-10-18)13-16(14-21)20(23)22-17-7-11-19(12-8-17)25-4-2/h5-13H,3-4H2,1-2H3,(H,22,23). The van der Waals surface area contributed by atoms with Crippen molar-refractivity contribution in [3.05, 3.63) is 59.7 Å². The highest BCUT2D eigenvalue weighted by Crippen LogP contribution is 2.18. The third-order valence-corrected chi connectivity index (χ3v) is 3.29. The fourth-order valence-electron chi connectivity index (χ4n) is 2.14. The summed E-state index contributed by atoms with van der Waals surface area (Å²) in [6, 6.07) is 16.1. The van der Waals surface area contributed by atoms with Gasteiger partial charge in [-0.05, 0) is 61.9 Å². The summed E-state index contributed by atoms with van der Waals surface area (Å²) in [6.07, 6.45) is 1.54. The SMILES string of the molecule is CCOc1ccc(C=C(C#N)C(=O)Nc2ccc(OCC)cc2)cc1. The molecule has 0 bridgehead atoms. The summed E-state index contributed by atoms with van der Waals surface area (Å²) in [5.74, 6) is 1.02. The van der Waals surface area contributed by atoms with Crippen molar-refractivity contribution >= 4 is 17.7 Å². The van der Waals surface area contributed by atoms with E-state index in [1.165, 1.54) is 0 Å². The van der Waals surface area contributed by atoms with Gasteiger partial charge in [-0.25, -0.2) is 0 Å². The van der Waals surface area contributed by atoms with E-state index in [0.717, 1.165) is 17.1 Å². The van der Waals surface area contributed by atoms with Crippen LogP contribution in [0.25, 0.3) is 6.08 Å². The Labute approximate surface area is 147 Å². The van der Waals surface area contributed by atoms with Gasteiger partial charge in [-0.2, -0.15) is 5.26 Å². The highest BCUT2D eigenvalue weighted by atomic mass is 16.5. The van der Waals surface area contributed by atoms with Gasteiger partial charge in [0, 0.05) is 5.69 Å². The molecule has 5 heteroatoms. The Balaban J connectivity index is 2.08. The molecule has 5 nitrogen and oxygen atoms in total. The molecule has 0 aliphatic heterocycles. The van der Waals surface area contributed by atoms with Gasteiger partial charge in [0.1, 0.15) is 23.1 Å². The van der Waals surface area contributed by atoms with E-state index in [4.69, 9.17) is 9.47 Å². The van der Waals surface area contributed by atoms with Gasteiger partial charge in [0.15, 0.2) is 0 Å². The van der Waals surface area contributed by atoms with Crippen molar-refractivity contribution in [2.24, 2.45) is 0 Å². The van der Waals surface area contributed by atoms with Crippen molar-refractivity contribution < 1.29 is 14.3 Å². The summed E-state index contributed by atoms with van der Waals surface area (Å²) in [5, 5.41) is 12.0. The largest absolute Gasteiger partial charge is 0.494 e. The molecule has 2 aromatic carbocycles. The summed E-state index contributed by atoms with van der Waals surface area (Å²) in [4.78, 5) is 12.3. The minimum Gasteiger partial charge on any atom is -0.494 e. The van der Waals surface area contributed by atoms with Crippen LogP contribution in [0.1, 0.15) is 19.4 Å². The fourth-order valence-corrected chi connectivity index (χ4v) is 2.14. The van der Waals surface area contributed by atoms with Gasteiger partial charge in [-0.15, -0.1) is 0 Å². The van der Waals surface area contributed by atoms with E-state index in [1.807, 2.05) is 19.9 Å². The van der Waals surface area contributed by atoms with Gasteiger partial charge in [0.25, 0.3) is 5.91 Å². The Hall–Kier alpha value is -3.26. The number of carbonyl (C=O) groups is 1. The maximum Gasteiger partial charge on any atom is 0.266 e. The van der Waals surface area contributed by atoms with Crippen LogP contribution in [-0.2, 0) is 4.79 Å². The normalized spacial score (nSPS) is 10.7. The monoisotopic (exact) mass is 336 g/mol. The molecule has 1 amide bonds. The lowest BCUT2D eigenvalue weighted by molar-refractivity contribution is -0.112. The number of benzene rings is 2. The summed E-state index contributed by atoms with van der Waals surface area (Å²) >= 11 is 0. The van der Waals surface area contributed by atoms with Crippen molar-refractivity contribution in [3.8, 4) is 17.6 Å².